The molecule has 0 aromatic rings. The number of aliphatic hydroxyl groups is 6. The van der Waals surface area contributed by atoms with E-state index >= 15 is 0 Å². The first kappa shape index (κ1) is 26.1. The first-order valence-electron chi connectivity index (χ1n) is 10.7. The van der Waals surface area contributed by atoms with Crippen molar-refractivity contribution in [1.29, 1.82) is 0 Å². The van der Waals surface area contributed by atoms with Gasteiger partial charge in [-0.1, -0.05) is 0 Å². The highest BCUT2D eigenvalue weighted by Gasteiger charge is 2.48. The molecule has 0 bridgehead atoms. The van der Waals surface area contributed by atoms with Crippen LogP contribution in [0.1, 0.15) is 12.8 Å². The largest absolute Gasteiger partial charge is 0.388 e. The number of rotatable bonds is 6. The second kappa shape index (κ2) is 10.8. The second-order valence-corrected chi connectivity index (χ2v) is 8.65. The molecule has 3 rings (SSSR count). The summed E-state index contributed by atoms with van der Waals surface area (Å²) in [5.74, 6) is 0. The van der Waals surface area contributed by atoms with Crippen molar-refractivity contribution < 1.29 is 49.6 Å². The maximum atomic E-state index is 10.2. The van der Waals surface area contributed by atoms with Crippen molar-refractivity contribution in [1.82, 2.24) is 0 Å². The molecule has 2 aliphatic heterocycles. The summed E-state index contributed by atoms with van der Waals surface area (Å²) in [5, 5.41) is 60.2. The third-order valence-electron chi connectivity index (χ3n) is 6.38. The summed E-state index contributed by atoms with van der Waals surface area (Å²) in [7, 11) is 0. The lowest BCUT2D eigenvalue weighted by atomic mass is 9.86. The molecule has 2 saturated heterocycles. The van der Waals surface area contributed by atoms with Crippen LogP contribution in [-0.4, -0.2) is 129 Å². The molecule has 32 heavy (non-hydrogen) atoms. The highest BCUT2D eigenvalue weighted by molar-refractivity contribution is 4.96. The Labute approximate surface area is 185 Å². The molecule has 0 spiro atoms. The molecule has 1 aliphatic carbocycles. The molecule has 3 aliphatic rings. The van der Waals surface area contributed by atoms with Gasteiger partial charge in [0, 0.05) is 25.2 Å². The molecule has 14 N–H and O–H groups in total. The van der Waals surface area contributed by atoms with Crippen LogP contribution in [0, 0.1) is 0 Å². The van der Waals surface area contributed by atoms with Crippen LogP contribution in [-0.2, 0) is 18.9 Å². The van der Waals surface area contributed by atoms with Crippen LogP contribution in [0.15, 0.2) is 0 Å². The zero-order chi connectivity index (χ0) is 23.7. The molecule has 0 aromatic carbocycles. The summed E-state index contributed by atoms with van der Waals surface area (Å²) < 4.78 is 22.5. The normalized spacial score (nSPS) is 52.7. The van der Waals surface area contributed by atoms with Crippen LogP contribution in [0.2, 0.25) is 0 Å². The number of ether oxygens (including phenoxy) is 4. The minimum absolute atomic E-state index is 0.0922. The Balaban J connectivity index is 1.59. The molecule has 0 unspecified atom stereocenters. The molecule has 188 valence electrons. The minimum atomic E-state index is -1.52. The summed E-state index contributed by atoms with van der Waals surface area (Å²) in [6.07, 6.45) is -14.1. The Morgan fingerprint density at radius 1 is 0.594 bits per heavy atom. The Morgan fingerprint density at radius 3 is 1.25 bits per heavy atom. The molecule has 14 heteroatoms. The molecule has 2 heterocycles. The van der Waals surface area contributed by atoms with Gasteiger partial charge in [0.1, 0.15) is 48.8 Å². The van der Waals surface area contributed by atoms with E-state index < -0.39 is 85.7 Å². The highest BCUT2D eigenvalue weighted by atomic mass is 16.7. The topological polar surface area (TPSA) is 262 Å². The molecule has 0 radical (unpaired) electrons. The van der Waals surface area contributed by atoms with Gasteiger partial charge in [0.15, 0.2) is 12.6 Å². The summed E-state index contributed by atoms with van der Waals surface area (Å²) >= 11 is 0. The van der Waals surface area contributed by atoms with Crippen LogP contribution in [0.5, 0.6) is 0 Å². The lowest BCUT2D eigenvalue weighted by Gasteiger charge is -2.46. The van der Waals surface area contributed by atoms with Crippen molar-refractivity contribution in [2.45, 2.75) is 98.5 Å². The number of nitrogens with two attached hydrogens (primary N) is 4. The fourth-order valence-electron chi connectivity index (χ4n) is 4.29. The van der Waals surface area contributed by atoms with E-state index in [2.05, 4.69) is 0 Å². The molecule has 0 amide bonds. The van der Waals surface area contributed by atoms with Gasteiger partial charge in [0.05, 0.1) is 12.2 Å². The second-order valence-electron chi connectivity index (χ2n) is 8.65. The van der Waals surface area contributed by atoms with Gasteiger partial charge in [-0.05, 0) is 12.8 Å². The van der Waals surface area contributed by atoms with Crippen LogP contribution in [0.4, 0.5) is 0 Å². The molecule has 0 aromatic heterocycles. The van der Waals surface area contributed by atoms with Crippen LogP contribution >= 0.6 is 0 Å². The van der Waals surface area contributed by atoms with Crippen LogP contribution in [0.3, 0.4) is 0 Å². The average molecular weight is 469 g/mol. The predicted molar refractivity (Wildman–Crippen MR) is 106 cm³/mol. The van der Waals surface area contributed by atoms with E-state index in [4.69, 9.17) is 41.9 Å². The summed E-state index contributed by atoms with van der Waals surface area (Å²) in [6.45, 7) is -0.184. The Kier molecular flexibility index (Phi) is 8.79. The SMILES string of the molecule is NC[C@@H]1O[C@@H](O[C@@H]2C[C@@H](N)[C@H](O[C@H]3O[C@H](CN)[C@@H](O)[C@H](O)[C@H]3O)C[C@H]2N)[C@@H](O)[C@H](O)[C@H]1O. The van der Waals surface area contributed by atoms with Crippen LogP contribution < -0.4 is 22.9 Å². The van der Waals surface area contributed by atoms with E-state index in [0.717, 1.165) is 0 Å². The van der Waals surface area contributed by atoms with Gasteiger partial charge in [-0.15, -0.1) is 0 Å². The summed E-state index contributed by atoms with van der Waals surface area (Å²) in [5.41, 5.74) is 23.5. The number of aliphatic hydroxyl groups excluding tert-OH is 6. The smallest absolute Gasteiger partial charge is 0.186 e. The maximum absolute atomic E-state index is 10.2. The first-order valence-corrected chi connectivity index (χ1v) is 10.7. The van der Waals surface area contributed by atoms with E-state index in [1.54, 1.807) is 0 Å². The van der Waals surface area contributed by atoms with Gasteiger partial charge in [-0.2, -0.15) is 0 Å². The molecule has 14 atom stereocenters. The Hall–Kier alpha value is -0.560. The van der Waals surface area contributed by atoms with E-state index in [0.29, 0.717) is 0 Å². The average Bonchev–Trinajstić information content (AvgIpc) is 2.77. The number of hydrogen-bond acceptors (Lipinski definition) is 14. The van der Waals surface area contributed by atoms with Crippen molar-refractivity contribution >= 4 is 0 Å². The lowest BCUT2D eigenvalue weighted by molar-refractivity contribution is -0.319. The highest BCUT2D eigenvalue weighted by Crippen LogP contribution is 2.30. The minimum Gasteiger partial charge on any atom is -0.388 e. The fraction of sp³-hybridized carbons (Fsp3) is 1.00. The van der Waals surface area contributed by atoms with Crippen molar-refractivity contribution in [2.24, 2.45) is 22.9 Å². The monoisotopic (exact) mass is 468 g/mol. The zero-order valence-corrected chi connectivity index (χ0v) is 17.5. The van der Waals surface area contributed by atoms with Crippen molar-refractivity contribution in [2.75, 3.05) is 13.1 Å². The van der Waals surface area contributed by atoms with Gasteiger partial charge in [0.25, 0.3) is 0 Å². The number of hydrogen-bond donors (Lipinski definition) is 10. The molecule has 1 saturated carbocycles. The van der Waals surface area contributed by atoms with Gasteiger partial charge in [0.2, 0.25) is 0 Å². The van der Waals surface area contributed by atoms with E-state index in [1.807, 2.05) is 0 Å². The lowest BCUT2D eigenvalue weighted by Crippen LogP contribution is -2.64. The van der Waals surface area contributed by atoms with Crippen molar-refractivity contribution in [3.63, 3.8) is 0 Å². The van der Waals surface area contributed by atoms with E-state index in [9.17, 15) is 30.6 Å². The summed E-state index contributed by atoms with van der Waals surface area (Å²) in [4.78, 5) is 0. The quantitative estimate of drug-likeness (QED) is 0.174. The Bertz CT molecular complexity index is 554. The third-order valence-corrected chi connectivity index (χ3v) is 6.38. The van der Waals surface area contributed by atoms with Crippen LogP contribution in [0.25, 0.3) is 0 Å². The fourth-order valence-corrected chi connectivity index (χ4v) is 4.29. The molecule has 14 nitrogen and oxygen atoms in total. The van der Waals surface area contributed by atoms with Gasteiger partial charge in [-0.3, -0.25) is 0 Å². The van der Waals surface area contributed by atoms with E-state index in [-0.39, 0.29) is 25.9 Å². The first-order chi connectivity index (χ1) is 15.1. The van der Waals surface area contributed by atoms with Gasteiger partial charge in [-0.25, -0.2) is 0 Å². The molecular weight excluding hydrogens is 432 g/mol. The molecular formula is C18H36N4O10. The molecule has 3 fully saturated rings. The third kappa shape index (κ3) is 5.24. The zero-order valence-electron chi connectivity index (χ0n) is 17.5. The predicted octanol–water partition coefficient (Wildman–Crippen LogP) is -6.26. The van der Waals surface area contributed by atoms with Gasteiger partial charge >= 0.3 is 0 Å². The summed E-state index contributed by atoms with van der Waals surface area (Å²) in [6, 6.07) is -1.25. The van der Waals surface area contributed by atoms with Crippen molar-refractivity contribution in [3.05, 3.63) is 0 Å². The van der Waals surface area contributed by atoms with Gasteiger partial charge < -0.3 is 72.5 Å². The maximum Gasteiger partial charge on any atom is 0.186 e. The van der Waals surface area contributed by atoms with Crippen molar-refractivity contribution in [3.8, 4) is 0 Å². The van der Waals surface area contributed by atoms with E-state index in [1.165, 1.54) is 0 Å². The Morgan fingerprint density at radius 2 is 0.938 bits per heavy atom. The standard InChI is InChI=1S/C18H36N4O10/c19-3-9-11(23)13(25)15(27)17(31-9)29-7-1-5(21)8(2-6(7)22)30-18-16(28)14(26)12(24)10(4-20)32-18/h5-18,23-28H,1-4,19-22H2/t5-,6-,7-,8-,9-,10+,11-,12+,13+,14-,15-,16+,17+,18-/m1/s1.